The summed E-state index contributed by atoms with van der Waals surface area (Å²) in [5.74, 6) is -2.41. The Hall–Kier alpha value is -1.27. The summed E-state index contributed by atoms with van der Waals surface area (Å²) in [6.07, 6.45) is -0.300. The van der Waals surface area contributed by atoms with Crippen LogP contribution in [0.15, 0.2) is 0 Å². The number of nitrogens with one attached hydrogen (secondary N) is 1. The van der Waals surface area contributed by atoms with Crippen LogP contribution in [0.4, 0.5) is 13.2 Å². The number of alkyl halides is 3. The van der Waals surface area contributed by atoms with Crippen LogP contribution in [-0.4, -0.2) is 29.2 Å². The lowest BCUT2D eigenvalue weighted by Gasteiger charge is -2.55. The van der Waals surface area contributed by atoms with Crippen molar-refractivity contribution in [2.45, 2.75) is 44.3 Å². The second kappa shape index (κ2) is 4.88. The average molecular weight is 305 g/mol. The van der Waals surface area contributed by atoms with Crippen LogP contribution in [-0.2, 0) is 9.59 Å². The fraction of sp³-hybridized carbons (Fsp3) is 0.857. The summed E-state index contributed by atoms with van der Waals surface area (Å²) in [5.41, 5.74) is 0. The lowest BCUT2D eigenvalue weighted by atomic mass is 9.50. The highest BCUT2D eigenvalue weighted by molar-refractivity contribution is 5.87. The van der Waals surface area contributed by atoms with Crippen LogP contribution in [0, 0.1) is 29.6 Å². The summed E-state index contributed by atoms with van der Waals surface area (Å²) in [6.45, 7) is 0. The van der Waals surface area contributed by atoms with E-state index in [2.05, 4.69) is 0 Å². The van der Waals surface area contributed by atoms with E-state index in [0.717, 1.165) is 25.7 Å². The topological polar surface area (TPSA) is 66.4 Å². The minimum Gasteiger partial charge on any atom is -0.480 e. The van der Waals surface area contributed by atoms with Crippen molar-refractivity contribution in [2.75, 3.05) is 0 Å². The predicted octanol–water partition coefficient (Wildman–Crippen LogP) is 2.19. The Bertz CT molecular complexity index is 435. The molecule has 4 rings (SSSR count). The van der Waals surface area contributed by atoms with Gasteiger partial charge in [-0.05, 0) is 61.7 Å². The highest BCUT2D eigenvalue weighted by atomic mass is 19.4. The molecule has 1 amide bonds. The van der Waals surface area contributed by atoms with Gasteiger partial charge >= 0.3 is 18.1 Å². The minimum atomic E-state index is -5.04. The van der Waals surface area contributed by atoms with E-state index in [9.17, 15) is 27.9 Å². The molecular formula is C14H18F3NO3. The largest absolute Gasteiger partial charge is 0.480 e. The third kappa shape index (κ3) is 2.62. The number of amides is 1. The van der Waals surface area contributed by atoms with Gasteiger partial charge < -0.3 is 10.4 Å². The van der Waals surface area contributed by atoms with Gasteiger partial charge in [0, 0.05) is 0 Å². The molecule has 0 aliphatic heterocycles. The number of hydrogen-bond acceptors (Lipinski definition) is 2. The average Bonchev–Trinajstić information content (AvgIpc) is 2.34. The molecule has 7 heteroatoms. The van der Waals surface area contributed by atoms with Crippen LogP contribution in [0.25, 0.3) is 0 Å². The summed E-state index contributed by atoms with van der Waals surface area (Å²) >= 11 is 0. The predicted molar refractivity (Wildman–Crippen MR) is 66.2 cm³/mol. The molecule has 1 unspecified atom stereocenters. The number of carboxylic acids is 1. The van der Waals surface area contributed by atoms with Crippen LogP contribution >= 0.6 is 0 Å². The maximum Gasteiger partial charge on any atom is 0.471 e. The highest BCUT2D eigenvalue weighted by Crippen LogP contribution is 2.57. The second-order valence-electron chi connectivity index (χ2n) is 6.80. The van der Waals surface area contributed by atoms with Gasteiger partial charge in [-0.15, -0.1) is 0 Å². The number of carbonyl (C=O) groups excluding carboxylic acids is 1. The van der Waals surface area contributed by atoms with Crippen molar-refractivity contribution in [3.8, 4) is 0 Å². The van der Waals surface area contributed by atoms with E-state index >= 15 is 0 Å². The first-order chi connectivity index (χ1) is 9.75. The molecule has 118 valence electrons. The van der Waals surface area contributed by atoms with Crippen molar-refractivity contribution in [2.24, 2.45) is 29.6 Å². The zero-order valence-corrected chi connectivity index (χ0v) is 11.4. The molecule has 4 nitrogen and oxygen atoms in total. The number of hydrogen-bond donors (Lipinski definition) is 2. The van der Waals surface area contributed by atoms with Crippen LogP contribution in [0.3, 0.4) is 0 Å². The van der Waals surface area contributed by atoms with Gasteiger partial charge in [0.15, 0.2) is 0 Å². The van der Waals surface area contributed by atoms with Gasteiger partial charge in [0.25, 0.3) is 0 Å². The van der Waals surface area contributed by atoms with Gasteiger partial charge in [0.05, 0.1) is 0 Å². The van der Waals surface area contributed by atoms with Gasteiger partial charge in [-0.3, -0.25) is 4.79 Å². The van der Waals surface area contributed by atoms with E-state index in [0.29, 0.717) is 11.8 Å². The van der Waals surface area contributed by atoms with E-state index < -0.39 is 24.1 Å². The minimum absolute atomic E-state index is 0.135. The van der Waals surface area contributed by atoms with Crippen LogP contribution in [0.1, 0.15) is 32.1 Å². The smallest absolute Gasteiger partial charge is 0.471 e. The molecule has 0 aromatic rings. The number of rotatable bonds is 3. The first-order valence-corrected chi connectivity index (χ1v) is 7.36. The quantitative estimate of drug-likeness (QED) is 0.840. The fourth-order valence-corrected chi connectivity index (χ4v) is 5.06. The molecule has 4 fully saturated rings. The molecule has 0 aromatic heterocycles. The standard InChI is InChI=1S/C14H18F3NO3/c15-14(16,17)13(21)18-11(12(19)20)10-8-2-6-1-7(4-8)5-9(10)3-6/h6-11H,1-5H2,(H,18,21)(H,19,20). The Kier molecular flexibility index (Phi) is 3.41. The monoisotopic (exact) mass is 305 g/mol. The zero-order chi connectivity index (χ0) is 15.4. The Morgan fingerprint density at radius 3 is 1.86 bits per heavy atom. The first-order valence-electron chi connectivity index (χ1n) is 7.36. The van der Waals surface area contributed by atoms with E-state index in [1.165, 1.54) is 6.42 Å². The van der Waals surface area contributed by atoms with Crippen molar-refractivity contribution in [1.82, 2.24) is 5.32 Å². The van der Waals surface area contributed by atoms with Crippen molar-refractivity contribution in [1.29, 1.82) is 0 Å². The van der Waals surface area contributed by atoms with Crippen molar-refractivity contribution in [3.63, 3.8) is 0 Å². The molecule has 0 spiro atoms. The van der Waals surface area contributed by atoms with Gasteiger partial charge in [-0.1, -0.05) is 0 Å². The number of carbonyl (C=O) groups is 2. The Balaban J connectivity index is 1.78. The van der Waals surface area contributed by atoms with Crippen molar-refractivity contribution in [3.05, 3.63) is 0 Å². The molecule has 1 atom stereocenters. The van der Waals surface area contributed by atoms with Gasteiger partial charge in [0.2, 0.25) is 0 Å². The summed E-state index contributed by atoms with van der Waals surface area (Å²) < 4.78 is 37.2. The zero-order valence-electron chi connectivity index (χ0n) is 11.4. The fourth-order valence-electron chi connectivity index (χ4n) is 5.06. The molecule has 4 saturated carbocycles. The summed E-state index contributed by atoms with van der Waals surface area (Å²) in [4.78, 5) is 22.5. The van der Waals surface area contributed by atoms with E-state index in [1.54, 1.807) is 5.32 Å². The normalized spacial score (nSPS) is 39.1. The Morgan fingerprint density at radius 2 is 1.48 bits per heavy atom. The molecule has 4 bridgehead atoms. The molecule has 0 saturated heterocycles. The maximum absolute atomic E-state index is 12.4. The molecule has 0 aromatic carbocycles. The third-order valence-corrected chi connectivity index (χ3v) is 5.49. The number of aliphatic carboxylic acids is 1. The van der Waals surface area contributed by atoms with E-state index in [1.807, 2.05) is 0 Å². The lowest BCUT2D eigenvalue weighted by Crippen LogP contribution is -2.58. The molecule has 4 aliphatic carbocycles. The van der Waals surface area contributed by atoms with Crippen LogP contribution in [0.2, 0.25) is 0 Å². The second-order valence-corrected chi connectivity index (χ2v) is 6.80. The van der Waals surface area contributed by atoms with Crippen molar-refractivity contribution < 1.29 is 27.9 Å². The van der Waals surface area contributed by atoms with E-state index in [4.69, 9.17) is 0 Å². The van der Waals surface area contributed by atoms with Gasteiger partial charge in [-0.2, -0.15) is 13.2 Å². The van der Waals surface area contributed by atoms with Crippen molar-refractivity contribution >= 4 is 11.9 Å². The molecule has 2 N–H and O–H groups in total. The Labute approximate surface area is 120 Å². The summed E-state index contributed by atoms with van der Waals surface area (Å²) in [5, 5.41) is 11.0. The molecule has 4 aliphatic rings. The third-order valence-electron chi connectivity index (χ3n) is 5.49. The summed E-state index contributed by atoms with van der Waals surface area (Å²) in [7, 11) is 0. The van der Waals surface area contributed by atoms with Gasteiger partial charge in [0.1, 0.15) is 6.04 Å². The van der Waals surface area contributed by atoms with Gasteiger partial charge in [-0.25, -0.2) is 4.79 Å². The van der Waals surface area contributed by atoms with Crippen LogP contribution < -0.4 is 5.32 Å². The first kappa shape index (κ1) is 14.7. The molecule has 21 heavy (non-hydrogen) atoms. The van der Waals surface area contributed by atoms with Crippen LogP contribution in [0.5, 0.6) is 0 Å². The highest BCUT2D eigenvalue weighted by Gasteiger charge is 2.53. The Morgan fingerprint density at radius 1 is 1.00 bits per heavy atom. The summed E-state index contributed by atoms with van der Waals surface area (Å²) in [6, 6.07) is -1.42. The van der Waals surface area contributed by atoms with E-state index in [-0.39, 0.29) is 17.8 Å². The SMILES string of the molecule is O=C(O)C(NC(=O)C(F)(F)F)C1C2CC3CC(C2)CC1C3. The molecular weight excluding hydrogens is 287 g/mol. The number of halogens is 3. The maximum atomic E-state index is 12.4. The molecule has 0 radical (unpaired) electrons. The molecule has 0 heterocycles. The number of carboxylic acid groups (broad SMARTS) is 1. The lowest BCUT2D eigenvalue weighted by molar-refractivity contribution is -0.178.